The molecule has 1 aromatic heterocycles. The molecule has 1 N–H and O–H groups in total. The first-order valence-corrected chi connectivity index (χ1v) is 6.05. The van der Waals surface area contributed by atoms with E-state index >= 15 is 0 Å². The van der Waals surface area contributed by atoms with E-state index in [0.29, 0.717) is 0 Å². The highest BCUT2D eigenvalue weighted by molar-refractivity contribution is 7.98. The maximum atomic E-state index is 5.19. The predicted octanol–water partition coefficient (Wildman–Crippen LogP) is 2.51. The van der Waals surface area contributed by atoms with Crippen LogP contribution in [0.25, 0.3) is 0 Å². The van der Waals surface area contributed by atoms with Crippen LogP contribution < -0.4 is 5.32 Å². The van der Waals surface area contributed by atoms with Gasteiger partial charge in [-0.25, -0.2) is 0 Å². The summed E-state index contributed by atoms with van der Waals surface area (Å²) >= 11 is 1.91. The lowest BCUT2D eigenvalue weighted by atomic mass is 10.3. The highest BCUT2D eigenvalue weighted by Gasteiger charge is 1.93. The molecule has 1 aromatic rings. The Kier molecular flexibility index (Phi) is 5.78. The second kappa shape index (κ2) is 7.04. The molecule has 0 aromatic carbocycles. The van der Waals surface area contributed by atoms with Crippen LogP contribution in [-0.4, -0.2) is 18.6 Å². The van der Waals surface area contributed by atoms with Gasteiger partial charge in [0.2, 0.25) is 0 Å². The average Bonchev–Trinajstić information content (AvgIpc) is 2.63. The molecular weight excluding hydrogens is 182 g/mol. The molecule has 0 spiro atoms. The molecule has 0 unspecified atom stereocenters. The van der Waals surface area contributed by atoms with Gasteiger partial charge in [0.25, 0.3) is 0 Å². The molecule has 0 saturated heterocycles. The molecule has 1 rings (SSSR count). The van der Waals surface area contributed by atoms with Crippen molar-refractivity contribution in [1.82, 2.24) is 5.32 Å². The molecule has 0 radical (unpaired) electrons. The van der Waals surface area contributed by atoms with Gasteiger partial charge in [-0.3, -0.25) is 0 Å². The van der Waals surface area contributed by atoms with E-state index in [1.807, 2.05) is 23.9 Å². The molecule has 0 bridgehead atoms. The van der Waals surface area contributed by atoms with E-state index in [9.17, 15) is 0 Å². The molecule has 0 aliphatic rings. The number of thioether (sulfide) groups is 1. The summed E-state index contributed by atoms with van der Waals surface area (Å²) in [6.07, 6.45) is 6.41. The van der Waals surface area contributed by atoms with Crippen molar-refractivity contribution in [2.45, 2.75) is 19.4 Å². The van der Waals surface area contributed by atoms with Crippen molar-refractivity contribution in [2.75, 3.05) is 18.6 Å². The number of hydrogen-bond donors (Lipinski definition) is 1. The van der Waals surface area contributed by atoms with Crippen molar-refractivity contribution < 1.29 is 4.42 Å². The molecule has 0 aliphatic carbocycles. The zero-order valence-electron chi connectivity index (χ0n) is 8.08. The minimum absolute atomic E-state index is 0.853. The van der Waals surface area contributed by atoms with E-state index in [4.69, 9.17) is 4.42 Å². The Morgan fingerprint density at radius 1 is 1.46 bits per heavy atom. The summed E-state index contributed by atoms with van der Waals surface area (Å²) in [4.78, 5) is 0. The van der Waals surface area contributed by atoms with Crippen LogP contribution in [0.4, 0.5) is 0 Å². The van der Waals surface area contributed by atoms with Crippen molar-refractivity contribution in [3.05, 3.63) is 24.2 Å². The fourth-order valence-corrected chi connectivity index (χ4v) is 1.61. The van der Waals surface area contributed by atoms with Gasteiger partial charge in [0.1, 0.15) is 5.76 Å². The highest BCUT2D eigenvalue weighted by atomic mass is 32.2. The lowest BCUT2D eigenvalue weighted by Crippen LogP contribution is -2.14. The number of nitrogens with one attached hydrogen (secondary N) is 1. The molecule has 0 aliphatic heterocycles. The van der Waals surface area contributed by atoms with E-state index in [0.717, 1.165) is 18.8 Å². The van der Waals surface area contributed by atoms with Crippen LogP contribution in [0.15, 0.2) is 22.8 Å². The summed E-state index contributed by atoms with van der Waals surface area (Å²) in [5.74, 6) is 2.28. The van der Waals surface area contributed by atoms with Gasteiger partial charge in [-0.15, -0.1) is 0 Å². The number of rotatable bonds is 7. The molecular formula is C10H17NOS. The summed E-state index contributed by atoms with van der Waals surface area (Å²) < 4.78 is 5.19. The zero-order chi connectivity index (χ0) is 9.36. The summed E-state index contributed by atoms with van der Waals surface area (Å²) in [6, 6.07) is 3.92. The predicted molar refractivity (Wildman–Crippen MR) is 58.0 cm³/mol. The second-order valence-corrected chi connectivity index (χ2v) is 3.94. The smallest absolute Gasteiger partial charge is 0.117 e. The molecule has 0 saturated carbocycles. The summed E-state index contributed by atoms with van der Waals surface area (Å²) in [5, 5.41) is 3.34. The van der Waals surface area contributed by atoms with Crippen LogP contribution in [0.3, 0.4) is 0 Å². The molecule has 1 heterocycles. The Morgan fingerprint density at radius 3 is 3.08 bits per heavy atom. The number of hydrogen-bond acceptors (Lipinski definition) is 3. The van der Waals surface area contributed by atoms with Gasteiger partial charge in [-0.1, -0.05) is 0 Å². The third kappa shape index (κ3) is 5.01. The standard InChI is InChI=1S/C10H17NOS/c1-13-8-3-2-6-11-9-10-5-4-7-12-10/h4-5,7,11H,2-3,6,8-9H2,1H3. The monoisotopic (exact) mass is 199 g/mol. The van der Waals surface area contributed by atoms with E-state index in [-0.39, 0.29) is 0 Å². The van der Waals surface area contributed by atoms with Crippen molar-refractivity contribution in [1.29, 1.82) is 0 Å². The van der Waals surface area contributed by atoms with Gasteiger partial charge in [0.05, 0.1) is 12.8 Å². The first-order chi connectivity index (χ1) is 6.43. The van der Waals surface area contributed by atoms with Gasteiger partial charge >= 0.3 is 0 Å². The van der Waals surface area contributed by atoms with Crippen molar-refractivity contribution in [3.63, 3.8) is 0 Å². The molecule has 0 fully saturated rings. The van der Waals surface area contributed by atoms with Crippen molar-refractivity contribution >= 4 is 11.8 Å². The van der Waals surface area contributed by atoms with Gasteiger partial charge in [-0.2, -0.15) is 11.8 Å². The van der Waals surface area contributed by atoms with Gasteiger partial charge in [0, 0.05) is 0 Å². The lowest BCUT2D eigenvalue weighted by molar-refractivity contribution is 0.481. The Morgan fingerprint density at radius 2 is 2.38 bits per heavy atom. The van der Waals surface area contributed by atoms with Crippen LogP contribution in [-0.2, 0) is 6.54 Å². The molecule has 0 amide bonds. The maximum Gasteiger partial charge on any atom is 0.117 e. The summed E-state index contributed by atoms with van der Waals surface area (Å²) in [6.45, 7) is 1.94. The summed E-state index contributed by atoms with van der Waals surface area (Å²) in [7, 11) is 0. The second-order valence-electron chi connectivity index (χ2n) is 2.96. The van der Waals surface area contributed by atoms with Gasteiger partial charge < -0.3 is 9.73 Å². The topological polar surface area (TPSA) is 25.2 Å². The van der Waals surface area contributed by atoms with Crippen molar-refractivity contribution in [2.24, 2.45) is 0 Å². The quantitative estimate of drug-likeness (QED) is 0.683. The molecule has 74 valence electrons. The van der Waals surface area contributed by atoms with Crippen LogP contribution in [0.1, 0.15) is 18.6 Å². The maximum absolute atomic E-state index is 5.19. The average molecular weight is 199 g/mol. The van der Waals surface area contributed by atoms with E-state index in [1.165, 1.54) is 18.6 Å². The Labute approximate surface area is 84.1 Å². The van der Waals surface area contributed by atoms with Crippen LogP contribution in [0, 0.1) is 0 Å². The van der Waals surface area contributed by atoms with Crippen LogP contribution in [0.2, 0.25) is 0 Å². The SMILES string of the molecule is CSCCCCNCc1ccco1. The summed E-state index contributed by atoms with van der Waals surface area (Å²) in [5.41, 5.74) is 0. The third-order valence-electron chi connectivity index (χ3n) is 1.83. The third-order valence-corrected chi connectivity index (χ3v) is 2.53. The lowest BCUT2D eigenvalue weighted by Gasteiger charge is -2.01. The van der Waals surface area contributed by atoms with E-state index in [2.05, 4.69) is 11.6 Å². The Balaban J connectivity index is 1.90. The molecule has 0 atom stereocenters. The van der Waals surface area contributed by atoms with Gasteiger partial charge in [0.15, 0.2) is 0 Å². The number of furan rings is 1. The van der Waals surface area contributed by atoms with E-state index in [1.54, 1.807) is 6.26 Å². The van der Waals surface area contributed by atoms with E-state index < -0.39 is 0 Å². The minimum Gasteiger partial charge on any atom is -0.468 e. The fraction of sp³-hybridized carbons (Fsp3) is 0.600. The highest BCUT2D eigenvalue weighted by Crippen LogP contribution is 2.00. The first-order valence-electron chi connectivity index (χ1n) is 4.65. The fourth-order valence-electron chi connectivity index (χ4n) is 1.12. The van der Waals surface area contributed by atoms with Crippen LogP contribution in [0.5, 0.6) is 0 Å². The molecule has 2 nitrogen and oxygen atoms in total. The van der Waals surface area contributed by atoms with Gasteiger partial charge in [-0.05, 0) is 43.5 Å². The largest absolute Gasteiger partial charge is 0.468 e. The minimum atomic E-state index is 0.853. The molecule has 13 heavy (non-hydrogen) atoms. The zero-order valence-corrected chi connectivity index (χ0v) is 8.90. The molecule has 3 heteroatoms. The Bertz CT molecular complexity index is 199. The Hall–Kier alpha value is -0.410. The van der Waals surface area contributed by atoms with Crippen molar-refractivity contribution in [3.8, 4) is 0 Å². The van der Waals surface area contributed by atoms with Crippen LogP contribution >= 0.6 is 11.8 Å². The normalized spacial score (nSPS) is 10.5. The number of unbranched alkanes of at least 4 members (excludes halogenated alkanes) is 1. The first kappa shape index (κ1) is 10.7.